The molecule has 96 valence electrons. The molecule has 18 heavy (non-hydrogen) atoms. The van der Waals surface area contributed by atoms with Crippen molar-refractivity contribution in [1.29, 1.82) is 0 Å². The van der Waals surface area contributed by atoms with Crippen LogP contribution in [0.3, 0.4) is 0 Å². The fourth-order valence-corrected chi connectivity index (χ4v) is 2.62. The van der Waals surface area contributed by atoms with E-state index in [4.69, 9.17) is 5.73 Å². The summed E-state index contributed by atoms with van der Waals surface area (Å²) in [5.74, 6) is 0. The molecule has 2 aromatic rings. The van der Waals surface area contributed by atoms with E-state index < -0.39 is 0 Å². The third-order valence-electron chi connectivity index (χ3n) is 2.66. The molecule has 2 rings (SSSR count). The second-order valence-corrected chi connectivity index (χ2v) is 5.48. The van der Waals surface area contributed by atoms with Gasteiger partial charge in [0.05, 0.1) is 5.69 Å². The molecule has 0 radical (unpaired) electrons. The van der Waals surface area contributed by atoms with Crippen LogP contribution in [0.2, 0.25) is 0 Å². The van der Waals surface area contributed by atoms with E-state index in [9.17, 15) is 0 Å². The third kappa shape index (κ3) is 3.55. The van der Waals surface area contributed by atoms with Crippen LogP contribution in [0.25, 0.3) is 0 Å². The zero-order valence-corrected chi connectivity index (χ0v) is 11.7. The van der Waals surface area contributed by atoms with Crippen molar-refractivity contribution < 1.29 is 0 Å². The molecule has 0 fully saturated rings. The van der Waals surface area contributed by atoms with Gasteiger partial charge in [-0.2, -0.15) is 0 Å². The van der Waals surface area contributed by atoms with Gasteiger partial charge in [-0.25, -0.2) is 4.98 Å². The maximum Gasteiger partial charge on any atom is 0.185 e. The first-order valence-electron chi connectivity index (χ1n) is 6.10. The molecule has 0 saturated heterocycles. The average Bonchev–Trinajstić information content (AvgIpc) is 2.78. The summed E-state index contributed by atoms with van der Waals surface area (Å²) in [5, 5.41) is 3.15. The molecule has 3 nitrogen and oxygen atoms in total. The first-order chi connectivity index (χ1) is 8.65. The minimum absolute atomic E-state index is 0.166. The smallest absolute Gasteiger partial charge is 0.185 e. The monoisotopic (exact) mass is 261 g/mol. The topological polar surface area (TPSA) is 42.1 Å². The fraction of sp³-hybridized carbons (Fsp3) is 0.357. The molecule has 4 heteroatoms. The lowest BCUT2D eigenvalue weighted by molar-refractivity contribution is 0.724. The van der Waals surface area contributed by atoms with Gasteiger partial charge in [0.2, 0.25) is 0 Å². The van der Waals surface area contributed by atoms with Crippen molar-refractivity contribution in [2.24, 2.45) is 5.73 Å². The Morgan fingerprint density at radius 2 is 2.06 bits per heavy atom. The summed E-state index contributed by atoms with van der Waals surface area (Å²) in [6.45, 7) is 2.89. The standard InChI is InChI=1S/C14H19N3S/c1-11(15)8-13-10-18-14(16-13)17(2)9-12-6-4-3-5-7-12/h3-7,10-11H,8-9,15H2,1-2H3. The van der Waals surface area contributed by atoms with E-state index in [1.54, 1.807) is 11.3 Å². The summed E-state index contributed by atoms with van der Waals surface area (Å²) in [6.07, 6.45) is 0.843. The van der Waals surface area contributed by atoms with Crippen LogP contribution < -0.4 is 10.6 Å². The van der Waals surface area contributed by atoms with E-state index in [-0.39, 0.29) is 6.04 Å². The lowest BCUT2D eigenvalue weighted by Crippen LogP contribution is -2.19. The first kappa shape index (κ1) is 13.1. The Balaban J connectivity index is 2.00. The van der Waals surface area contributed by atoms with E-state index >= 15 is 0 Å². The van der Waals surface area contributed by atoms with Crippen molar-refractivity contribution in [3.05, 3.63) is 47.0 Å². The Labute approximate surface area is 112 Å². The van der Waals surface area contributed by atoms with E-state index in [0.717, 1.165) is 23.8 Å². The minimum atomic E-state index is 0.166. The summed E-state index contributed by atoms with van der Waals surface area (Å²) in [6, 6.07) is 10.6. The molecule has 1 aromatic carbocycles. The van der Waals surface area contributed by atoms with Gasteiger partial charge in [-0.05, 0) is 12.5 Å². The van der Waals surface area contributed by atoms with Crippen LogP contribution in [0.15, 0.2) is 35.7 Å². The van der Waals surface area contributed by atoms with Gasteiger partial charge < -0.3 is 10.6 Å². The Bertz CT molecular complexity index is 479. The Hall–Kier alpha value is -1.39. The highest BCUT2D eigenvalue weighted by Gasteiger charge is 2.08. The highest BCUT2D eigenvalue weighted by Crippen LogP contribution is 2.21. The second kappa shape index (κ2) is 5.98. The summed E-state index contributed by atoms with van der Waals surface area (Å²) < 4.78 is 0. The van der Waals surface area contributed by atoms with Crippen LogP contribution in [-0.4, -0.2) is 18.1 Å². The number of anilines is 1. The molecule has 0 aliphatic heterocycles. The highest BCUT2D eigenvalue weighted by molar-refractivity contribution is 7.13. The number of hydrogen-bond donors (Lipinski definition) is 1. The molecule has 0 aliphatic carbocycles. The van der Waals surface area contributed by atoms with Crippen molar-refractivity contribution >= 4 is 16.5 Å². The number of thiazole rings is 1. The van der Waals surface area contributed by atoms with Gasteiger partial charge in [0, 0.05) is 31.4 Å². The first-order valence-corrected chi connectivity index (χ1v) is 6.98. The van der Waals surface area contributed by atoms with Crippen molar-refractivity contribution in [2.45, 2.75) is 25.9 Å². The summed E-state index contributed by atoms with van der Waals surface area (Å²) in [7, 11) is 2.07. The van der Waals surface area contributed by atoms with Crippen LogP contribution in [0.4, 0.5) is 5.13 Å². The van der Waals surface area contributed by atoms with Crippen molar-refractivity contribution in [1.82, 2.24) is 4.98 Å². The average molecular weight is 261 g/mol. The number of rotatable bonds is 5. The molecule has 2 N–H and O–H groups in total. The maximum absolute atomic E-state index is 5.78. The largest absolute Gasteiger partial charge is 0.347 e. The van der Waals surface area contributed by atoms with Crippen molar-refractivity contribution in [3.8, 4) is 0 Å². The van der Waals surface area contributed by atoms with Crippen LogP contribution in [0.5, 0.6) is 0 Å². The SMILES string of the molecule is CC(N)Cc1csc(N(C)Cc2ccccc2)n1. The van der Waals surface area contributed by atoms with E-state index in [0.29, 0.717) is 0 Å². The Morgan fingerprint density at radius 3 is 2.72 bits per heavy atom. The molecule has 0 amide bonds. The van der Waals surface area contributed by atoms with Crippen molar-refractivity contribution in [3.63, 3.8) is 0 Å². The number of nitrogens with zero attached hydrogens (tertiary/aromatic N) is 2. The summed E-state index contributed by atoms with van der Waals surface area (Å²) >= 11 is 1.68. The molecule has 0 spiro atoms. The van der Waals surface area contributed by atoms with Gasteiger partial charge in [-0.3, -0.25) is 0 Å². The molecular weight excluding hydrogens is 242 g/mol. The van der Waals surface area contributed by atoms with Crippen LogP contribution in [0, 0.1) is 0 Å². The molecule has 1 aromatic heterocycles. The van der Waals surface area contributed by atoms with Gasteiger partial charge in [0.15, 0.2) is 5.13 Å². The van der Waals surface area contributed by atoms with Crippen LogP contribution >= 0.6 is 11.3 Å². The maximum atomic E-state index is 5.78. The summed E-state index contributed by atoms with van der Waals surface area (Å²) in [5.41, 5.74) is 8.17. The molecule has 1 heterocycles. The second-order valence-electron chi connectivity index (χ2n) is 4.64. The van der Waals surface area contributed by atoms with Crippen molar-refractivity contribution in [2.75, 3.05) is 11.9 Å². The molecule has 1 unspecified atom stereocenters. The molecule has 0 saturated carbocycles. The van der Waals surface area contributed by atoms with Crippen LogP contribution in [0.1, 0.15) is 18.2 Å². The lowest BCUT2D eigenvalue weighted by atomic mass is 10.2. The molecular formula is C14H19N3S. The molecule has 0 bridgehead atoms. The fourth-order valence-electron chi connectivity index (χ4n) is 1.82. The van der Waals surface area contributed by atoms with Gasteiger partial charge in [-0.15, -0.1) is 11.3 Å². The van der Waals surface area contributed by atoms with E-state index in [1.165, 1.54) is 5.56 Å². The third-order valence-corrected chi connectivity index (χ3v) is 3.66. The van der Waals surface area contributed by atoms with Crippen LogP contribution in [-0.2, 0) is 13.0 Å². The quantitative estimate of drug-likeness (QED) is 0.899. The predicted molar refractivity (Wildman–Crippen MR) is 78.0 cm³/mol. The van der Waals surface area contributed by atoms with Gasteiger partial charge in [0.25, 0.3) is 0 Å². The highest BCUT2D eigenvalue weighted by atomic mass is 32.1. The Morgan fingerprint density at radius 1 is 1.33 bits per heavy atom. The Kier molecular flexibility index (Phi) is 4.33. The van der Waals surface area contributed by atoms with Gasteiger partial charge in [0.1, 0.15) is 0 Å². The van der Waals surface area contributed by atoms with E-state index in [2.05, 4.69) is 46.6 Å². The van der Waals surface area contributed by atoms with Gasteiger partial charge in [-0.1, -0.05) is 30.3 Å². The summed E-state index contributed by atoms with van der Waals surface area (Å²) in [4.78, 5) is 6.78. The van der Waals surface area contributed by atoms with Gasteiger partial charge >= 0.3 is 0 Å². The lowest BCUT2D eigenvalue weighted by Gasteiger charge is -2.15. The number of aromatic nitrogens is 1. The zero-order chi connectivity index (χ0) is 13.0. The van der Waals surface area contributed by atoms with E-state index in [1.807, 2.05) is 13.0 Å². The molecule has 0 aliphatic rings. The zero-order valence-electron chi connectivity index (χ0n) is 10.8. The predicted octanol–water partition coefficient (Wildman–Crippen LogP) is 2.67. The molecule has 1 atom stereocenters. The minimum Gasteiger partial charge on any atom is -0.347 e. The normalized spacial score (nSPS) is 12.4. The number of nitrogens with two attached hydrogens (primary N) is 1. The number of hydrogen-bond acceptors (Lipinski definition) is 4. The number of benzene rings is 1.